The van der Waals surface area contributed by atoms with Crippen LogP contribution in [0.15, 0.2) is 54.6 Å². The Morgan fingerprint density at radius 2 is 1.96 bits per heavy atom. The Hall–Kier alpha value is -1.84. The van der Waals surface area contributed by atoms with Gasteiger partial charge in [0.25, 0.3) is 0 Å². The van der Waals surface area contributed by atoms with Crippen LogP contribution in [0.2, 0.25) is 0 Å². The molecule has 0 amide bonds. The summed E-state index contributed by atoms with van der Waals surface area (Å²) in [6, 6.07) is 19.8. The molecule has 3 nitrogen and oxygen atoms in total. The lowest BCUT2D eigenvalue weighted by Crippen LogP contribution is -2.60. The Labute approximate surface area is 151 Å². The lowest BCUT2D eigenvalue weighted by atomic mass is 9.63. The molecule has 1 aliphatic carbocycles. The van der Waals surface area contributed by atoms with Crippen LogP contribution in [-0.2, 0) is 12.0 Å². The predicted octanol–water partition coefficient (Wildman–Crippen LogP) is 4.29. The van der Waals surface area contributed by atoms with Gasteiger partial charge in [0.05, 0.1) is 0 Å². The van der Waals surface area contributed by atoms with Crippen LogP contribution >= 0.6 is 0 Å². The lowest BCUT2D eigenvalue weighted by Gasteiger charge is -2.51. The summed E-state index contributed by atoms with van der Waals surface area (Å²) in [5.41, 5.74) is 6.65. The zero-order valence-corrected chi connectivity index (χ0v) is 15.1. The molecule has 2 unspecified atom stereocenters. The molecule has 2 aromatic rings. The van der Waals surface area contributed by atoms with Crippen molar-refractivity contribution in [1.82, 2.24) is 10.4 Å². The van der Waals surface area contributed by atoms with Crippen LogP contribution in [0.5, 0.6) is 5.75 Å². The standard InChI is InChI=1S/C22H28N2O/c1-24-15-14-22(13-6-5-12-21(22)23-24)19-10-7-11-20(16-19)25-17-18-8-3-2-4-9-18/h2-4,7-11,16,21,23H,5-6,12-15,17H2,1H3. The van der Waals surface area contributed by atoms with Crippen molar-refractivity contribution in [3.63, 3.8) is 0 Å². The van der Waals surface area contributed by atoms with Crippen molar-refractivity contribution >= 4 is 0 Å². The summed E-state index contributed by atoms with van der Waals surface area (Å²) in [5.74, 6) is 0.985. The predicted molar refractivity (Wildman–Crippen MR) is 102 cm³/mol. The number of hydrazine groups is 1. The summed E-state index contributed by atoms with van der Waals surface area (Å²) in [7, 11) is 2.16. The Morgan fingerprint density at radius 3 is 2.84 bits per heavy atom. The third-order valence-corrected chi connectivity index (χ3v) is 5.96. The van der Waals surface area contributed by atoms with Crippen molar-refractivity contribution in [2.24, 2.45) is 0 Å². The summed E-state index contributed by atoms with van der Waals surface area (Å²) in [4.78, 5) is 0. The van der Waals surface area contributed by atoms with Crippen molar-refractivity contribution < 1.29 is 4.74 Å². The van der Waals surface area contributed by atoms with Gasteiger partial charge in [-0.3, -0.25) is 5.43 Å². The topological polar surface area (TPSA) is 24.5 Å². The smallest absolute Gasteiger partial charge is 0.120 e. The molecule has 1 aliphatic heterocycles. The number of rotatable bonds is 4. The van der Waals surface area contributed by atoms with E-state index in [0.717, 1.165) is 12.3 Å². The number of nitrogens with zero attached hydrogens (tertiary/aromatic N) is 1. The van der Waals surface area contributed by atoms with Gasteiger partial charge in [0.15, 0.2) is 0 Å². The number of hydrogen-bond donors (Lipinski definition) is 1. The minimum Gasteiger partial charge on any atom is -0.489 e. The van der Waals surface area contributed by atoms with Gasteiger partial charge in [-0.25, -0.2) is 5.01 Å². The molecule has 3 heteroatoms. The molecular weight excluding hydrogens is 308 g/mol. The Bertz CT molecular complexity index is 702. The fraction of sp³-hybridized carbons (Fsp3) is 0.455. The Morgan fingerprint density at radius 1 is 1.08 bits per heavy atom. The number of ether oxygens (including phenoxy) is 1. The van der Waals surface area contributed by atoms with Crippen LogP contribution in [0.4, 0.5) is 0 Å². The van der Waals surface area contributed by atoms with Gasteiger partial charge >= 0.3 is 0 Å². The van der Waals surface area contributed by atoms with Crippen LogP contribution in [0.25, 0.3) is 0 Å². The zero-order valence-electron chi connectivity index (χ0n) is 15.1. The molecule has 0 spiro atoms. The van der Waals surface area contributed by atoms with Gasteiger partial charge in [-0.2, -0.15) is 0 Å². The number of nitrogens with one attached hydrogen (secondary N) is 1. The van der Waals surface area contributed by atoms with E-state index in [4.69, 9.17) is 4.74 Å². The lowest BCUT2D eigenvalue weighted by molar-refractivity contribution is 0.0465. The first-order valence-electron chi connectivity index (χ1n) is 9.51. The molecular formula is C22H28N2O. The molecule has 132 valence electrons. The molecule has 2 atom stereocenters. The molecule has 2 fully saturated rings. The molecule has 1 heterocycles. The minimum atomic E-state index is 0.261. The van der Waals surface area contributed by atoms with Crippen LogP contribution < -0.4 is 10.2 Å². The molecule has 1 N–H and O–H groups in total. The van der Waals surface area contributed by atoms with Crippen LogP contribution in [0.1, 0.15) is 43.2 Å². The quantitative estimate of drug-likeness (QED) is 0.901. The summed E-state index contributed by atoms with van der Waals surface area (Å²) in [6.07, 6.45) is 6.43. The van der Waals surface area contributed by atoms with Crippen molar-refractivity contribution in [2.75, 3.05) is 13.6 Å². The maximum atomic E-state index is 6.09. The molecule has 4 rings (SSSR count). The van der Waals surface area contributed by atoms with Crippen LogP contribution in [-0.4, -0.2) is 24.6 Å². The molecule has 2 aliphatic rings. The third-order valence-electron chi connectivity index (χ3n) is 5.96. The van der Waals surface area contributed by atoms with E-state index in [0.29, 0.717) is 12.6 Å². The molecule has 0 aromatic heterocycles. The molecule has 1 saturated heterocycles. The second kappa shape index (κ2) is 7.19. The number of fused-ring (bicyclic) bond motifs is 1. The molecule has 25 heavy (non-hydrogen) atoms. The molecule has 2 aromatic carbocycles. The summed E-state index contributed by atoms with van der Waals surface area (Å²) >= 11 is 0. The first-order valence-corrected chi connectivity index (χ1v) is 9.51. The fourth-order valence-electron chi connectivity index (χ4n) is 4.55. The van der Waals surface area contributed by atoms with E-state index >= 15 is 0 Å². The van der Waals surface area contributed by atoms with Crippen molar-refractivity contribution in [2.45, 2.75) is 50.2 Å². The maximum absolute atomic E-state index is 6.09. The highest BCUT2D eigenvalue weighted by Gasteiger charge is 2.44. The minimum absolute atomic E-state index is 0.261. The average molecular weight is 336 g/mol. The zero-order chi connectivity index (χ0) is 17.1. The van der Waals surface area contributed by atoms with Crippen molar-refractivity contribution in [3.05, 3.63) is 65.7 Å². The van der Waals surface area contributed by atoms with Gasteiger partial charge in [0, 0.05) is 25.0 Å². The van der Waals surface area contributed by atoms with Gasteiger partial charge in [-0.05, 0) is 42.5 Å². The highest BCUT2D eigenvalue weighted by Crippen LogP contribution is 2.45. The highest BCUT2D eigenvalue weighted by atomic mass is 16.5. The SMILES string of the molecule is CN1CCC2(c3cccc(OCc4ccccc4)c3)CCCCC2N1. The first-order chi connectivity index (χ1) is 12.3. The van der Waals surface area contributed by atoms with E-state index in [2.05, 4.69) is 66.0 Å². The maximum Gasteiger partial charge on any atom is 0.120 e. The number of benzene rings is 2. The van der Waals surface area contributed by atoms with Gasteiger partial charge in [-0.15, -0.1) is 0 Å². The monoisotopic (exact) mass is 336 g/mol. The fourth-order valence-corrected chi connectivity index (χ4v) is 4.55. The molecule has 1 saturated carbocycles. The van der Waals surface area contributed by atoms with E-state index in [9.17, 15) is 0 Å². The van der Waals surface area contributed by atoms with E-state index in [1.807, 2.05) is 6.07 Å². The van der Waals surface area contributed by atoms with Gasteiger partial charge < -0.3 is 4.74 Å². The summed E-state index contributed by atoms with van der Waals surface area (Å²) < 4.78 is 6.09. The van der Waals surface area contributed by atoms with Gasteiger partial charge in [0.2, 0.25) is 0 Å². The summed E-state index contributed by atoms with van der Waals surface area (Å²) in [5, 5.41) is 2.27. The first kappa shape index (κ1) is 16.6. The molecule has 0 bridgehead atoms. The summed E-state index contributed by atoms with van der Waals surface area (Å²) in [6.45, 7) is 1.73. The average Bonchev–Trinajstić information content (AvgIpc) is 2.67. The normalized spacial score (nSPS) is 26.8. The van der Waals surface area contributed by atoms with Gasteiger partial charge in [-0.1, -0.05) is 55.3 Å². The van der Waals surface area contributed by atoms with Gasteiger partial charge in [0.1, 0.15) is 12.4 Å². The van der Waals surface area contributed by atoms with Crippen LogP contribution in [0, 0.1) is 0 Å². The van der Waals surface area contributed by atoms with E-state index in [-0.39, 0.29) is 5.41 Å². The van der Waals surface area contributed by atoms with Crippen molar-refractivity contribution in [3.8, 4) is 5.75 Å². The highest BCUT2D eigenvalue weighted by molar-refractivity contribution is 5.36. The van der Waals surface area contributed by atoms with E-state index < -0.39 is 0 Å². The largest absolute Gasteiger partial charge is 0.489 e. The van der Waals surface area contributed by atoms with E-state index in [1.165, 1.54) is 43.2 Å². The number of hydrogen-bond acceptors (Lipinski definition) is 3. The molecule has 0 radical (unpaired) electrons. The Balaban J connectivity index is 1.55. The Kier molecular flexibility index (Phi) is 4.78. The van der Waals surface area contributed by atoms with Crippen LogP contribution in [0.3, 0.4) is 0 Å². The van der Waals surface area contributed by atoms with E-state index in [1.54, 1.807) is 0 Å². The second-order valence-electron chi connectivity index (χ2n) is 7.56. The third kappa shape index (κ3) is 3.44. The second-order valence-corrected chi connectivity index (χ2v) is 7.56. The van der Waals surface area contributed by atoms with Crippen molar-refractivity contribution in [1.29, 1.82) is 0 Å².